The topological polar surface area (TPSA) is 79.6 Å². The zero-order chi connectivity index (χ0) is 27.4. The highest BCUT2D eigenvalue weighted by Gasteiger charge is 2.43. The highest BCUT2D eigenvalue weighted by atomic mass is 19.1. The fourth-order valence-electron chi connectivity index (χ4n) is 5.03. The largest absolute Gasteiger partial charge is 0.384 e. The number of hydrogen-bond acceptors (Lipinski definition) is 5. The van der Waals surface area contributed by atoms with Gasteiger partial charge in [-0.15, -0.1) is 0 Å². The van der Waals surface area contributed by atoms with Crippen LogP contribution in [0.5, 0.6) is 0 Å². The van der Waals surface area contributed by atoms with Crippen LogP contribution in [0.1, 0.15) is 44.6 Å². The Hall–Kier alpha value is -3.14. The van der Waals surface area contributed by atoms with E-state index in [9.17, 15) is 18.7 Å². The summed E-state index contributed by atoms with van der Waals surface area (Å²) in [6, 6.07) is 12.2. The molecular formula is C29H36F2N4O3. The number of nitrogens with zero attached hydrogens (tertiary/aromatic N) is 3. The molecule has 2 aromatic carbocycles. The van der Waals surface area contributed by atoms with Crippen molar-refractivity contribution in [3.8, 4) is 11.3 Å². The number of carbonyl (C=O) groups excluding carboxylic acids is 1. The van der Waals surface area contributed by atoms with Crippen LogP contribution >= 0.6 is 0 Å². The maximum atomic E-state index is 14.8. The number of ether oxygens (including phenoxy) is 1. The molecule has 4 rings (SSSR count). The van der Waals surface area contributed by atoms with Crippen LogP contribution in [-0.2, 0) is 16.1 Å². The van der Waals surface area contributed by atoms with Gasteiger partial charge in [-0.05, 0) is 70.0 Å². The Labute approximate surface area is 222 Å². The van der Waals surface area contributed by atoms with Gasteiger partial charge in [0, 0.05) is 32.0 Å². The monoisotopic (exact) mass is 526 g/mol. The molecule has 3 atom stereocenters. The van der Waals surface area contributed by atoms with E-state index < -0.39 is 35.3 Å². The lowest BCUT2D eigenvalue weighted by Gasteiger charge is -2.42. The summed E-state index contributed by atoms with van der Waals surface area (Å²) in [5.41, 5.74) is 0.311. The van der Waals surface area contributed by atoms with Gasteiger partial charge in [0.1, 0.15) is 29.6 Å². The van der Waals surface area contributed by atoms with Crippen LogP contribution < -0.4 is 5.32 Å². The summed E-state index contributed by atoms with van der Waals surface area (Å²) in [5, 5.41) is 13.7. The number of aliphatic hydroxyl groups is 1. The second kappa shape index (κ2) is 11.7. The SMILES string of the molecule is COC(C)(C)[C@H](c1nc(-c2cc(F)ccc2F)cn1Cc1ccccc1)N(C[C@H]1CCNC1)C(=O)[C@H](C)O. The lowest BCUT2D eigenvalue weighted by Crippen LogP contribution is -2.51. The van der Waals surface area contributed by atoms with E-state index in [2.05, 4.69) is 5.32 Å². The molecule has 0 spiro atoms. The van der Waals surface area contributed by atoms with Crippen LogP contribution in [0.15, 0.2) is 54.7 Å². The molecule has 9 heteroatoms. The summed E-state index contributed by atoms with van der Waals surface area (Å²) in [6.07, 6.45) is 1.33. The maximum Gasteiger partial charge on any atom is 0.251 e. The van der Waals surface area contributed by atoms with Crippen molar-refractivity contribution >= 4 is 5.91 Å². The van der Waals surface area contributed by atoms with Crippen LogP contribution in [0, 0.1) is 17.6 Å². The summed E-state index contributed by atoms with van der Waals surface area (Å²) in [4.78, 5) is 20.0. The lowest BCUT2D eigenvalue weighted by molar-refractivity contribution is -0.151. The van der Waals surface area contributed by atoms with E-state index in [-0.39, 0.29) is 17.2 Å². The van der Waals surface area contributed by atoms with Gasteiger partial charge in [0.2, 0.25) is 0 Å². The summed E-state index contributed by atoms with van der Waals surface area (Å²) in [7, 11) is 1.56. The minimum Gasteiger partial charge on any atom is -0.384 e. The zero-order valence-corrected chi connectivity index (χ0v) is 22.3. The number of methoxy groups -OCH3 is 1. The van der Waals surface area contributed by atoms with Crippen molar-refractivity contribution in [1.29, 1.82) is 0 Å². The van der Waals surface area contributed by atoms with E-state index in [1.807, 2.05) is 48.7 Å². The first-order chi connectivity index (χ1) is 18.1. The number of imidazole rings is 1. The molecule has 3 aromatic rings. The first-order valence-corrected chi connectivity index (χ1v) is 12.9. The number of halogens is 2. The smallest absolute Gasteiger partial charge is 0.251 e. The van der Waals surface area contributed by atoms with Crippen LogP contribution in [0.2, 0.25) is 0 Å². The molecule has 7 nitrogen and oxygen atoms in total. The molecule has 1 fully saturated rings. The van der Waals surface area contributed by atoms with Gasteiger partial charge < -0.3 is 24.6 Å². The molecule has 1 aliphatic rings. The van der Waals surface area contributed by atoms with Gasteiger partial charge in [0.15, 0.2) is 0 Å². The average molecular weight is 527 g/mol. The normalized spacial score (nSPS) is 17.4. The van der Waals surface area contributed by atoms with Crippen molar-refractivity contribution in [2.45, 2.75) is 51.5 Å². The van der Waals surface area contributed by atoms with Crippen molar-refractivity contribution < 1.29 is 23.4 Å². The van der Waals surface area contributed by atoms with Gasteiger partial charge in [0.25, 0.3) is 5.91 Å². The molecule has 2 N–H and O–H groups in total. The third-order valence-electron chi connectivity index (χ3n) is 7.21. The quantitative estimate of drug-likeness (QED) is 0.415. The van der Waals surface area contributed by atoms with Crippen LogP contribution in [0.3, 0.4) is 0 Å². The molecule has 0 radical (unpaired) electrons. The Morgan fingerprint density at radius 1 is 1.26 bits per heavy atom. The van der Waals surface area contributed by atoms with E-state index in [0.717, 1.165) is 43.3 Å². The third-order valence-corrected chi connectivity index (χ3v) is 7.21. The molecule has 2 heterocycles. The molecule has 0 saturated carbocycles. The third kappa shape index (κ3) is 6.11. The van der Waals surface area contributed by atoms with Gasteiger partial charge in [-0.2, -0.15) is 0 Å². The van der Waals surface area contributed by atoms with Crippen molar-refractivity contribution in [2.24, 2.45) is 5.92 Å². The predicted octanol–water partition coefficient (Wildman–Crippen LogP) is 4.16. The number of aliphatic hydroxyl groups excluding tert-OH is 1. The summed E-state index contributed by atoms with van der Waals surface area (Å²) >= 11 is 0. The molecule has 38 heavy (non-hydrogen) atoms. The van der Waals surface area contributed by atoms with Gasteiger partial charge in [-0.25, -0.2) is 13.8 Å². The van der Waals surface area contributed by atoms with Gasteiger partial charge in [-0.3, -0.25) is 4.79 Å². The molecule has 0 bridgehead atoms. The van der Waals surface area contributed by atoms with Crippen LogP contribution in [0.4, 0.5) is 8.78 Å². The lowest BCUT2D eigenvalue weighted by atomic mass is 9.93. The van der Waals surface area contributed by atoms with Gasteiger partial charge in [0.05, 0.1) is 11.3 Å². The number of carbonyl (C=O) groups is 1. The van der Waals surface area contributed by atoms with Gasteiger partial charge in [-0.1, -0.05) is 30.3 Å². The zero-order valence-electron chi connectivity index (χ0n) is 22.3. The maximum absolute atomic E-state index is 14.8. The van der Waals surface area contributed by atoms with Crippen molar-refractivity contribution in [1.82, 2.24) is 19.8 Å². The van der Waals surface area contributed by atoms with E-state index >= 15 is 0 Å². The molecule has 1 aromatic heterocycles. The summed E-state index contributed by atoms with van der Waals surface area (Å²) in [6.45, 7) is 7.54. The number of benzene rings is 2. The Bertz CT molecular complexity index is 1240. The molecule has 0 unspecified atom stereocenters. The average Bonchev–Trinajstić information content (AvgIpc) is 3.55. The second-order valence-corrected chi connectivity index (χ2v) is 10.5. The first-order valence-electron chi connectivity index (χ1n) is 12.9. The van der Waals surface area contributed by atoms with E-state index in [1.54, 1.807) is 18.2 Å². The number of hydrogen-bond donors (Lipinski definition) is 2. The van der Waals surface area contributed by atoms with E-state index in [0.29, 0.717) is 18.9 Å². The molecular weight excluding hydrogens is 490 g/mol. The summed E-state index contributed by atoms with van der Waals surface area (Å²) in [5.74, 6) is -0.975. The Morgan fingerprint density at radius 3 is 2.63 bits per heavy atom. The summed E-state index contributed by atoms with van der Waals surface area (Å²) < 4.78 is 36.7. The molecule has 1 saturated heterocycles. The molecule has 1 aliphatic heterocycles. The molecule has 1 amide bonds. The first kappa shape index (κ1) is 27.9. The number of rotatable bonds is 10. The van der Waals surface area contributed by atoms with Crippen molar-refractivity contribution in [2.75, 3.05) is 26.7 Å². The van der Waals surface area contributed by atoms with E-state index in [4.69, 9.17) is 9.72 Å². The Balaban J connectivity index is 1.90. The number of nitrogens with one attached hydrogen (secondary N) is 1. The molecule has 204 valence electrons. The number of aromatic nitrogens is 2. The van der Waals surface area contributed by atoms with Crippen LogP contribution in [0.25, 0.3) is 11.3 Å². The molecule has 0 aliphatic carbocycles. The van der Waals surface area contributed by atoms with Crippen molar-refractivity contribution in [3.05, 3.63) is 77.8 Å². The predicted molar refractivity (Wildman–Crippen MR) is 141 cm³/mol. The fourth-order valence-corrected chi connectivity index (χ4v) is 5.03. The second-order valence-electron chi connectivity index (χ2n) is 10.5. The Kier molecular flexibility index (Phi) is 8.60. The van der Waals surface area contributed by atoms with E-state index in [1.165, 1.54) is 6.92 Å². The standard InChI is InChI=1S/C29H36F2N4O3/c1-19(36)28(37)35(17-21-12-13-32-15-21)26(29(2,3)38-4)27-33-25(23-14-22(30)10-11-24(23)31)18-34(27)16-20-8-6-5-7-9-20/h5-11,14,18-19,21,26,32,36H,12-13,15-17H2,1-4H3/t19-,21-,26-/m0/s1. The number of amides is 1. The van der Waals surface area contributed by atoms with Gasteiger partial charge >= 0.3 is 0 Å². The Morgan fingerprint density at radius 2 is 2.00 bits per heavy atom. The van der Waals surface area contributed by atoms with Crippen LogP contribution in [-0.4, -0.2) is 63.9 Å². The fraction of sp³-hybridized carbons (Fsp3) is 0.448. The highest BCUT2D eigenvalue weighted by Crippen LogP contribution is 2.37. The minimum absolute atomic E-state index is 0.0282. The minimum atomic E-state index is -1.24. The highest BCUT2D eigenvalue weighted by molar-refractivity contribution is 5.81. The van der Waals surface area contributed by atoms with Crippen molar-refractivity contribution in [3.63, 3.8) is 0 Å².